The quantitative estimate of drug-likeness (QED) is 0.425. The summed E-state index contributed by atoms with van der Waals surface area (Å²) < 4.78 is 12.1. The summed E-state index contributed by atoms with van der Waals surface area (Å²) in [7, 11) is 1.65. The minimum atomic E-state index is 0.270. The second kappa shape index (κ2) is 9.61. The summed E-state index contributed by atoms with van der Waals surface area (Å²) in [6.07, 6.45) is 5.69. The Labute approximate surface area is 208 Å². The number of furan rings is 1. The Kier molecular flexibility index (Phi) is 6.01. The maximum atomic E-state index is 6.22. The number of fused-ring (bicyclic) bond motifs is 1. The van der Waals surface area contributed by atoms with Gasteiger partial charge in [-0.05, 0) is 37.0 Å². The molecule has 0 aliphatic carbocycles. The van der Waals surface area contributed by atoms with Crippen molar-refractivity contribution in [3.63, 3.8) is 0 Å². The third kappa shape index (κ3) is 4.51. The Hall–Kier alpha value is -3.93. The van der Waals surface area contributed by atoms with Crippen molar-refractivity contribution in [1.29, 1.82) is 0 Å². The Bertz CT molecular complexity index is 1320. The minimum absolute atomic E-state index is 0.270. The van der Waals surface area contributed by atoms with E-state index in [9.17, 15) is 0 Å². The van der Waals surface area contributed by atoms with Crippen LogP contribution in [0.3, 0.4) is 0 Å². The van der Waals surface area contributed by atoms with Gasteiger partial charge in [0.05, 0.1) is 13.4 Å². The van der Waals surface area contributed by atoms with Crippen molar-refractivity contribution in [2.24, 2.45) is 5.92 Å². The topological polar surface area (TPSA) is 127 Å². The SMILES string of the molecule is COc1cc(N2CCN(CC3CCCN(c4nc(N)n5nc(-c6ccco6)nc5n4)C3)CC2)ccn1. The fraction of sp³-hybridized carbons (Fsp3) is 0.458. The van der Waals surface area contributed by atoms with Crippen LogP contribution in [-0.4, -0.2) is 87.4 Å². The lowest BCUT2D eigenvalue weighted by Crippen LogP contribution is -2.49. The predicted octanol–water partition coefficient (Wildman–Crippen LogP) is 1.80. The zero-order chi connectivity index (χ0) is 24.5. The summed E-state index contributed by atoms with van der Waals surface area (Å²) in [5.41, 5.74) is 7.39. The minimum Gasteiger partial charge on any atom is -0.481 e. The molecular weight excluding hydrogens is 460 g/mol. The lowest BCUT2D eigenvalue weighted by atomic mass is 9.97. The van der Waals surface area contributed by atoms with Gasteiger partial charge in [-0.25, -0.2) is 4.98 Å². The summed E-state index contributed by atoms with van der Waals surface area (Å²) in [4.78, 5) is 25.1. The zero-order valence-electron chi connectivity index (χ0n) is 20.3. The van der Waals surface area contributed by atoms with Gasteiger partial charge in [0.2, 0.25) is 23.6 Å². The van der Waals surface area contributed by atoms with E-state index in [2.05, 4.69) is 39.7 Å². The van der Waals surface area contributed by atoms with Crippen LogP contribution in [-0.2, 0) is 0 Å². The smallest absolute Gasteiger partial charge is 0.259 e. The molecule has 1 unspecified atom stereocenters. The molecule has 0 aromatic carbocycles. The van der Waals surface area contributed by atoms with Crippen LogP contribution in [0.25, 0.3) is 17.4 Å². The molecular formula is C24H30N10O2. The lowest BCUT2D eigenvalue weighted by molar-refractivity contribution is 0.205. The van der Waals surface area contributed by atoms with E-state index in [1.165, 1.54) is 16.6 Å². The normalized spacial score (nSPS) is 19.2. The number of methoxy groups -OCH3 is 1. The van der Waals surface area contributed by atoms with Gasteiger partial charge in [-0.2, -0.15) is 19.5 Å². The van der Waals surface area contributed by atoms with Crippen LogP contribution < -0.4 is 20.3 Å². The molecule has 2 N–H and O–H groups in total. The second-order valence-corrected chi connectivity index (χ2v) is 9.30. The Morgan fingerprint density at radius 3 is 2.78 bits per heavy atom. The maximum absolute atomic E-state index is 6.22. The number of aromatic nitrogens is 6. The molecule has 12 heteroatoms. The molecule has 0 bridgehead atoms. The van der Waals surface area contributed by atoms with Crippen molar-refractivity contribution in [3.05, 3.63) is 36.7 Å². The number of nitrogens with two attached hydrogens (primary N) is 1. The Balaban J connectivity index is 1.09. The van der Waals surface area contributed by atoms with Gasteiger partial charge in [-0.3, -0.25) is 4.90 Å². The van der Waals surface area contributed by atoms with E-state index in [0.717, 1.165) is 52.2 Å². The third-order valence-corrected chi connectivity index (χ3v) is 6.95. The third-order valence-electron chi connectivity index (χ3n) is 6.95. The Morgan fingerprint density at radius 1 is 1.08 bits per heavy atom. The summed E-state index contributed by atoms with van der Waals surface area (Å²) in [5, 5.41) is 4.39. The van der Waals surface area contributed by atoms with E-state index in [1.807, 2.05) is 18.2 Å². The van der Waals surface area contributed by atoms with Crippen LogP contribution >= 0.6 is 0 Å². The van der Waals surface area contributed by atoms with Gasteiger partial charge in [0.25, 0.3) is 5.78 Å². The average molecular weight is 491 g/mol. The number of pyridine rings is 1. The summed E-state index contributed by atoms with van der Waals surface area (Å²) in [5.74, 6) is 3.52. The molecule has 2 aliphatic heterocycles. The number of hydrogen-bond donors (Lipinski definition) is 1. The molecule has 0 radical (unpaired) electrons. The number of piperidine rings is 1. The fourth-order valence-corrected chi connectivity index (χ4v) is 5.10. The number of nitrogen functional groups attached to an aromatic ring is 1. The first kappa shape index (κ1) is 22.5. The van der Waals surface area contributed by atoms with E-state index in [0.29, 0.717) is 35.1 Å². The standard InChI is InChI=1S/C24H30N10O2/c1-35-20-14-18(6-7-26-20)32-11-9-31(10-12-32)15-17-4-2-8-33(16-17)23-28-22(25)34-24(29-23)27-21(30-34)19-5-3-13-36-19/h3,5-7,13-14,17H,2,4,8-12,15-16H2,1H3,(H2,25,27,28,29,30). The number of anilines is 3. The van der Waals surface area contributed by atoms with Gasteiger partial charge in [0.15, 0.2) is 5.76 Å². The van der Waals surface area contributed by atoms with Crippen molar-refractivity contribution in [1.82, 2.24) is 34.4 Å². The van der Waals surface area contributed by atoms with E-state index in [1.54, 1.807) is 25.6 Å². The number of nitrogens with zero attached hydrogens (tertiary/aromatic N) is 9. The number of ether oxygens (including phenoxy) is 1. The molecule has 4 aromatic heterocycles. The summed E-state index contributed by atoms with van der Waals surface area (Å²) in [6.45, 7) is 6.92. The van der Waals surface area contributed by atoms with Gasteiger partial charge in [-0.1, -0.05) is 0 Å². The van der Waals surface area contributed by atoms with E-state index in [4.69, 9.17) is 14.9 Å². The summed E-state index contributed by atoms with van der Waals surface area (Å²) >= 11 is 0. The first-order valence-electron chi connectivity index (χ1n) is 12.3. The van der Waals surface area contributed by atoms with E-state index >= 15 is 0 Å². The highest BCUT2D eigenvalue weighted by Gasteiger charge is 2.27. The average Bonchev–Trinajstić information content (AvgIpc) is 3.60. The van der Waals surface area contributed by atoms with Gasteiger partial charge in [-0.15, -0.1) is 5.10 Å². The molecule has 4 aromatic rings. The molecule has 0 saturated carbocycles. The molecule has 2 fully saturated rings. The van der Waals surface area contributed by atoms with Crippen molar-refractivity contribution in [2.45, 2.75) is 12.8 Å². The maximum Gasteiger partial charge on any atom is 0.259 e. The zero-order valence-corrected chi connectivity index (χ0v) is 20.3. The molecule has 2 aliphatic rings. The van der Waals surface area contributed by atoms with Gasteiger partial charge < -0.3 is 24.7 Å². The van der Waals surface area contributed by atoms with E-state index in [-0.39, 0.29) is 5.95 Å². The Morgan fingerprint density at radius 2 is 1.97 bits per heavy atom. The molecule has 1 atom stereocenters. The second-order valence-electron chi connectivity index (χ2n) is 9.30. The molecule has 6 heterocycles. The molecule has 12 nitrogen and oxygen atoms in total. The first-order chi connectivity index (χ1) is 17.7. The van der Waals surface area contributed by atoms with Crippen LogP contribution in [0, 0.1) is 5.92 Å². The van der Waals surface area contributed by atoms with Crippen LogP contribution in [0.5, 0.6) is 5.88 Å². The van der Waals surface area contributed by atoms with Crippen molar-refractivity contribution in [3.8, 4) is 17.5 Å². The molecule has 0 amide bonds. The van der Waals surface area contributed by atoms with Gasteiger partial charge in [0.1, 0.15) is 0 Å². The van der Waals surface area contributed by atoms with Crippen LogP contribution in [0.15, 0.2) is 41.1 Å². The van der Waals surface area contributed by atoms with Crippen molar-refractivity contribution >= 4 is 23.4 Å². The first-order valence-corrected chi connectivity index (χ1v) is 12.3. The predicted molar refractivity (Wildman–Crippen MR) is 135 cm³/mol. The van der Waals surface area contributed by atoms with Crippen LogP contribution in [0.1, 0.15) is 12.8 Å². The van der Waals surface area contributed by atoms with Crippen molar-refractivity contribution in [2.75, 3.05) is 68.5 Å². The molecule has 6 rings (SSSR count). The number of rotatable bonds is 6. The number of hydrogen-bond acceptors (Lipinski definition) is 11. The monoisotopic (exact) mass is 490 g/mol. The highest BCUT2D eigenvalue weighted by molar-refractivity contribution is 5.53. The highest BCUT2D eigenvalue weighted by atomic mass is 16.5. The molecule has 2 saturated heterocycles. The summed E-state index contributed by atoms with van der Waals surface area (Å²) in [6, 6.07) is 7.66. The van der Waals surface area contributed by atoms with Gasteiger partial charge in [0, 0.05) is 63.8 Å². The molecule has 0 spiro atoms. The van der Waals surface area contributed by atoms with Crippen LogP contribution in [0.2, 0.25) is 0 Å². The molecule has 188 valence electrons. The highest BCUT2D eigenvalue weighted by Crippen LogP contribution is 2.25. The van der Waals surface area contributed by atoms with Crippen LogP contribution in [0.4, 0.5) is 17.6 Å². The van der Waals surface area contributed by atoms with Crippen molar-refractivity contribution < 1.29 is 9.15 Å². The molecule has 36 heavy (non-hydrogen) atoms. The fourth-order valence-electron chi connectivity index (χ4n) is 5.10. The lowest BCUT2D eigenvalue weighted by Gasteiger charge is -2.40. The largest absolute Gasteiger partial charge is 0.481 e. The number of piperazine rings is 1. The van der Waals surface area contributed by atoms with Gasteiger partial charge >= 0.3 is 0 Å². The van der Waals surface area contributed by atoms with E-state index < -0.39 is 0 Å².